The highest BCUT2D eigenvalue weighted by molar-refractivity contribution is 7.87. The molecule has 0 saturated carbocycles. The number of nitrogens with one attached hydrogen (secondary N) is 1. The minimum absolute atomic E-state index is 0.410. The lowest BCUT2D eigenvalue weighted by Crippen LogP contribution is -2.32. The zero-order valence-corrected chi connectivity index (χ0v) is 7.64. The predicted octanol–water partition coefficient (Wildman–Crippen LogP) is -0.794. The molecule has 0 bridgehead atoms. The van der Waals surface area contributed by atoms with Crippen molar-refractivity contribution in [1.29, 1.82) is 0 Å². The van der Waals surface area contributed by atoms with Gasteiger partial charge in [0.05, 0.1) is 0 Å². The molecule has 1 atom stereocenters. The van der Waals surface area contributed by atoms with Gasteiger partial charge >= 0.3 is 0 Å². The van der Waals surface area contributed by atoms with Gasteiger partial charge in [0.15, 0.2) is 0 Å². The second kappa shape index (κ2) is 4.18. The Kier molecular flexibility index (Phi) is 3.45. The van der Waals surface area contributed by atoms with Crippen LogP contribution in [0.5, 0.6) is 0 Å². The Morgan fingerprint density at radius 2 is 2.33 bits per heavy atom. The van der Waals surface area contributed by atoms with Crippen molar-refractivity contribution in [3.8, 4) is 0 Å². The molecule has 0 aromatic carbocycles. The third kappa shape index (κ3) is 4.01. The lowest BCUT2D eigenvalue weighted by Gasteiger charge is -2.06. The minimum atomic E-state index is -3.51. The molecule has 6 heteroatoms. The summed E-state index contributed by atoms with van der Waals surface area (Å²) in [6, 6.07) is 0. The van der Waals surface area contributed by atoms with Gasteiger partial charge in [-0.1, -0.05) is 0 Å². The maximum atomic E-state index is 10.4. The first kappa shape index (κ1) is 9.91. The summed E-state index contributed by atoms with van der Waals surface area (Å²) >= 11 is 0. The SMILES string of the molecule is NS(=O)(=O)NCCC1CCOC1. The van der Waals surface area contributed by atoms with Crippen LogP contribution in [0.15, 0.2) is 0 Å². The molecule has 1 aliphatic heterocycles. The van der Waals surface area contributed by atoms with Gasteiger partial charge in [-0.15, -0.1) is 0 Å². The van der Waals surface area contributed by atoms with Crippen molar-refractivity contribution in [2.75, 3.05) is 19.8 Å². The first-order valence-corrected chi connectivity index (χ1v) is 5.48. The molecular formula is C6H14N2O3S. The van der Waals surface area contributed by atoms with E-state index in [0.717, 1.165) is 26.1 Å². The molecule has 1 rings (SSSR count). The molecule has 0 aromatic heterocycles. The second-order valence-corrected chi connectivity index (χ2v) is 4.34. The zero-order chi connectivity index (χ0) is 9.03. The Balaban J connectivity index is 2.09. The maximum Gasteiger partial charge on any atom is 0.274 e. The first-order chi connectivity index (χ1) is 5.58. The van der Waals surface area contributed by atoms with Crippen LogP contribution in [0.4, 0.5) is 0 Å². The highest BCUT2D eigenvalue weighted by Crippen LogP contribution is 2.14. The van der Waals surface area contributed by atoms with E-state index in [2.05, 4.69) is 4.72 Å². The molecule has 5 nitrogen and oxygen atoms in total. The van der Waals surface area contributed by atoms with Crippen molar-refractivity contribution in [2.45, 2.75) is 12.8 Å². The van der Waals surface area contributed by atoms with Crippen molar-refractivity contribution in [3.63, 3.8) is 0 Å². The van der Waals surface area contributed by atoms with E-state index in [0.29, 0.717) is 12.5 Å². The number of nitrogens with two attached hydrogens (primary N) is 1. The lowest BCUT2D eigenvalue weighted by atomic mass is 10.1. The average Bonchev–Trinajstić information content (AvgIpc) is 2.36. The van der Waals surface area contributed by atoms with Gasteiger partial charge in [-0.3, -0.25) is 0 Å². The van der Waals surface area contributed by atoms with Gasteiger partial charge in [0.1, 0.15) is 0 Å². The number of hydrogen-bond donors (Lipinski definition) is 2. The van der Waals surface area contributed by atoms with Crippen LogP contribution in [0, 0.1) is 5.92 Å². The van der Waals surface area contributed by atoms with Crippen LogP contribution in [0.2, 0.25) is 0 Å². The van der Waals surface area contributed by atoms with Gasteiger partial charge in [-0.25, -0.2) is 9.86 Å². The zero-order valence-electron chi connectivity index (χ0n) is 6.82. The van der Waals surface area contributed by atoms with E-state index >= 15 is 0 Å². The second-order valence-electron chi connectivity index (χ2n) is 2.96. The van der Waals surface area contributed by atoms with E-state index in [4.69, 9.17) is 9.88 Å². The summed E-state index contributed by atoms with van der Waals surface area (Å²) in [6.07, 6.45) is 1.82. The number of rotatable bonds is 4. The first-order valence-electron chi connectivity index (χ1n) is 3.93. The topological polar surface area (TPSA) is 81.4 Å². The Morgan fingerprint density at radius 3 is 2.83 bits per heavy atom. The maximum absolute atomic E-state index is 10.4. The molecule has 0 aromatic rings. The molecule has 72 valence electrons. The van der Waals surface area contributed by atoms with Gasteiger partial charge in [0.25, 0.3) is 10.2 Å². The molecule has 1 fully saturated rings. The Morgan fingerprint density at radius 1 is 1.58 bits per heavy atom. The fourth-order valence-corrected chi connectivity index (χ4v) is 1.62. The van der Waals surface area contributed by atoms with Crippen molar-refractivity contribution in [2.24, 2.45) is 11.1 Å². The summed E-state index contributed by atoms with van der Waals surface area (Å²) < 4.78 is 28.3. The van der Waals surface area contributed by atoms with E-state index in [1.807, 2.05) is 0 Å². The molecule has 0 radical (unpaired) electrons. The van der Waals surface area contributed by atoms with Crippen LogP contribution in [0.25, 0.3) is 0 Å². The average molecular weight is 194 g/mol. The van der Waals surface area contributed by atoms with E-state index in [1.54, 1.807) is 0 Å². The summed E-state index contributed by atoms with van der Waals surface area (Å²) in [5.74, 6) is 0.485. The van der Waals surface area contributed by atoms with E-state index < -0.39 is 10.2 Å². The van der Waals surface area contributed by atoms with Crippen molar-refractivity contribution < 1.29 is 13.2 Å². The summed E-state index contributed by atoms with van der Waals surface area (Å²) in [4.78, 5) is 0. The van der Waals surface area contributed by atoms with Crippen LogP contribution in [-0.2, 0) is 14.9 Å². The van der Waals surface area contributed by atoms with Gasteiger partial charge in [0.2, 0.25) is 0 Å². The van der Waals surface area contributed by atoms with Crippen molar-refractivity contribution in [1.82, 2.24) is 4.72 Å². The lowest BCUT2D eigenvalue weighted by molar-refractivity contribution is 0.184. The highest BCUT2D eigenvalue weighted by Gasteiger charge is 2.15. The smallest absolute Gasteiger partial charge is 0.274 e. The largest absolute Gasteiger partial charge is 0.381 e. The van der Waals surface area contributed by atoms with Crippen molar-refractivity contribution in [3.05, 3.63) is 0 Å². The van der Waals surface area contributed by atoms with E-state index in [-0.39, 0.29) is 0 Å². The third-order valence-corrected chi connectivity index (χ3v) is 2.49. The standard InChI is InChI=1S/C6H14N2O3S/c7-12(9,10)8-3-1-6-2-4-11-5-6/h6,8H,1-5H2,(H2,7,9,10). The van der Waals surface area contributed by atoms with Crippen LogP contribution in [0.1, 0.15) is 12.8 Å². The molecule has 0 amide bonds. The summed E-state index contributed by atoms with van der Waals surface area (Å²) in [5.41, 5.74) is 0. The molecular weight excluding hydrogens is 180 g/mol. The van der Waals surface area contributed by atoms with Crippen LogP contribution in [0.3, 0.4) is 0 Å². The third-order valence-electron chi connectivity index (χ3n) is 1.88. The Labute approximate surface area is 72.5 Å². The predicted molar refractivity (Wildman–Crippen MR) is 44.7 cm³/mol. The summed E-state index contributed by atoms with van der Waals surface area (Å²) in [7, 11) is -3.51. The minimum Gasteiger partial charge on any atom is -0.381 e. The fourth-order valence-electron chi connectivity index (χ4n) is 1.22. The summed E-state index contributed by atoms with van der Waals surface area (Å²) in [6.45, 7) is 1.94. The molecule has 1 unspecified atom stereocenters. The molecule has 1 aliphatic rings. The quantitative estimate of drug-likeness (QED) is 0.615. The van der Waals surface area contributed by atoms with Gasteiger partial charge in [-0.2, -0.15) is 8.42 Å². The molecule has 0 spiro atoms. The number of ether oxygens (including phenoxy) is 1. The molecule has 1 heterocycles. The van der Waals surface area contributed by atoms with Crippen molar-refractivity contribution >= 4 is 10.2 Å². The van der Waals surface area contributed by atoms with Crippen LogP contribution < -0.4 is 9.86 Å². The fraction of sp³-hybridized carbons (Fsp3) is 1.00. The van der Waals surface area contributed by atoms with E-state index in [9.17, 15) is 8.42 Å². The van der Waals surface area contributed by atoms with E-state index in [1.165, 1.54) is 0 Å². The van der Waals surface area contributed by atoms with Gasteiger partial charge < -0.3 is 4.74 Å². The van der Waals surface area contributed by atoms with Crippen LogP contribution in [-0.4, -0.2) is 28.2 Å². The van der Waals surface area contributed by atoms with Gasteiger partial charge in [0, 0.05) is 19.8 Å². The molecule has 1 saturated heterocycles. The summed E-state index contributed by atoms with van der Waals surface area (Å²) in [5, 5.41) is 4.75. The molecule has 0 aliphatic carbocycles. The molecule has 3 N–H and O–H groups in total. The monoisotopic (exact) mass is 194 g/mol. The Bertz CT molecular complexity index is 221. The number of hydrogen-bond acceptors (Lipinski definition) is 3. The normalized spacial score (nSPS) is 24.6. The van der Waals surface area contributed by atoms with Crippen LogP contribution >= 0.6 is 0 Å². The Hall–Kier alpha value is -0.170. The molecule has 12 heavy (non-hydrogen) atoms. The van der Waals surface area contributed by atoms with Gasteiger partial charge in [-0.05, 0) is 18.8 Å². The highest BCUT2D eigenvalue weighted by atomic mass is 32.2.